The average molecular weight is 352 g/mol. The van der Waals surface area contributed by atoms with Crippen molar-refractivity contribution in [2.75, 3.05) is 4.72 Å². The van der Waals surface area contributed by atoms with Crippen molar-refractivity contribution in [3.63, 3.8) is 0 Å². The van der Waals surface area contributed by atoms with E-state index >= 15 is 0 Å². The van der Waals surface area contributed by atoms with E-state index in [1.54, 1.807) is 18.2 Å². The number of benzene rings is 1. The Morgan fingerprint density at radius 3 is 2.40 bits per heavy atom. The summed E-state index contributed by atoms with van der Waals surface area (Å²) in [5, 5.41) is 0.408. The molecule has 0 radical (unpaired) electrons. The van der Waals surface area contributed by atoms with Crippen molar-refractivity contribution in [1.82, 2.24) is 4.98 Å². The van der Waals surface area contributed by atoms with E-state index < -0.39 is 10.0 Å². The van der Waals surface area contributed by atoms with Crippen LogP contribution in [0, 0.1) is 6.92 Å². The summed E-state index contributed by atoms with van der Waals surface area (Å²) >= 11 is 17.4. The maximum Gasteiger partial charge on any atom is 0.263 e. The largest absolute Gasteiger partial charge is 0.278 e. The van der Waals surface area contributed by atoms with Gasteiger partial charge in [0.1, 0.15) is 10.0 Å². The van der Waals surface area contributed by atoms with Gasteiger partial charge in [-0.2, -0.15) is 0 Å². The first-order valence-electron chi connectivity index (χ1n) is 5.39. The van der Waals surface area contributed by atoms with Gasteiger partial charge in [0.25, 0.3) is 10.0 Å². The number of aryl methyl sites for hydroxylation is 1. The fourth-order valence-corrected chi connectivity index (χ4v) is 3.18. The Hall–Kier alpha value is -1.01. The fraction of sp³-hybridized carbons (Fsp3) is 0.0833. The number of nitrogens with zero attached hydrogens (tertiary/aromatic N) is 1. The molecule has 1 aromatic heterocycles. The molecule has 1 aromatic carbocycles. The molecule has 0 fully saturated rings. The number of sulfonamides is 1. The van der Waals surface area contributed by atoms with Gasteiger partial charge in [-0.05, 0) is 30.7 Å². The predicted molar refractivity (Wildman–Crippen MR) is 81.3 cm³/mol. The zero-order valence-corrected chi connectivity index (χ0v) is 13.3. The maximum absolute atomic E-state index is 12.2. The molecule has 0 amide bonds. The smallest absolute Gasteiger partial charge is 0.263 e. The molecule has 20 heavy (non-hydrogen) atoms. The van der Waals surface area contributed by atoms with Crippen LogP contribution < -0.4 is 4.72 Å². The number of hydrogen-bond acceptors (Lipinski definition) is 3. The third-order valence-electron chi connectivity index (χ3n) is 2.45. The minimum absolute atomic E-state index is 0.0407. The van der Waals surface area contributed by atoms with Crippen LogP contribution in [0.2, 0.25) is 15.2 Å². The van der Waals surface area contributed by atoms with Gasteiger partial charge in [-0.25, -0.2) is 13.4 Å². The van der Waals surface area contributed by atoms with Crippen molar-refractivity contribution in [1.29, 1.82) is 0 Å². The zero-order chi connectivity index (χ0) is 14.9. The van der Waals surface area contributed by atoms with Gasteiger partial charge in [-0.3, -0.25) is 4.72 Å². The van der Waals surface area contributed by atoms with E-state index in [4.69, 9.17) is 34.8 Å². The number of anilines is 1. The summed E-state index contributed by atoms with van der Waals surface area (Å²) in [4.78, 5) is 3.61. The van der Waals surface area contributed by atoms with Crippen molar-refractivity contribution < 1.29 is 8.42 Å². The lowest BCUT2D eigenvalue weighted by atomic mass is 10.2. The number of pyridine rings is 1. The molecule has 0 spiro atoms. The molecule has 0 bridgehead atoms. The summed E-state index contributed by atoms with van der Waals surface area (Å²) in [7, 11) is -3.83. The second-order valence-electron chi connectivity index (χ2n) is 4.03. The summed E-state index contributed by atoms with van der Waals surface area (Å²) in [6.07, 6.45) is 1.12. The Labute approximate surface area is 131 Å². The quantitative estimate of drug-likeness (QED) is 0.845. The lowest BCUT2D eigenvalue weighted by molar-refractivity contribution is 0.601. The van der Waals surface area contributed by atoms with E-state index in [2.05, 4.69) is 9.71 Å². The lowest BCUT2D eigenvalue weighted by Gasteiger charge is -2.10. The average Bonchev–Trinajstić information content (AvgIpc) is 2.36. The first-order valence-corrected chi connectivity index (χ1v) is 8.01. The van der Waals surface area contributed by atoms with Gasteiger partial charge < -0.3 is 0 Å². The van der Waals surface area contributed by atoms with Crippen LogP contribution in [0.5, 0.6) is 0 Å². The Kier molecular flexibility index (Phi) is 4.44. The van der Waals surface area contributed by atoms with Crippen LogP contribution in [0.15, 0.2) is 35.4 Å². The summed E-state index contributed by atoms with van der Waals surface area (Å²) in [6, 6.07) is 6.21. The number of hydrogen-bond donors (Lipinski definition) is 1. The van der Waals surface area contributed by atoms with Crippen LogP contribution in [0.25, 0.3) is 0 Å². The van der Waals surface area contributed by atoms with Crippen LogP contribution in [-0.4, -0.2) is 13.4 Å². The predicted octanol–water partition coefficient (Wildman–Crippen LogP) is 4.15. The third kappa shape index (κ3) is 3.35. The van der Waals surface area contributed by atoms with Crippen molar-refractivity contribution in [2.45, 2.75) is 11.8 Å². The standard InChI is InChI=1S/C12H9Cl3N2O2S/c1-7-2-3-11(9(13)4-7)17-20(18,19)8-5-10(14)12(15)16-6-8/h2-6,17H,1H3. The molecule has 0 aliphatic carbocycles. The number of halogens is 3. The van der Waals surface area contributed by atoms with Crippen LogP contribution in [-0.2, 0) is 10.0 Å². The fourth-order valence-electron chi connectivity index (χ4n) is 1.46. The molecule has 0 aliphatic heterocycles. The minimum Gasteiger partial charge on any atom is -0.278 e. The minimum atomic E-state index is -3.83. The summed E-state index contributed by atoms with van der Waals surface area (Å²) in [5.74, 6) is 0. The van der Waals surface area contributed by atoms with E-state index in [0.29, 0.717) is 5.02 Å². The molecule has 2 rings (SSSR count). The highest BCUT2D eigenvalue weighted by Crippen LogP contribution is 2.27. The second kappa shape index (κ2) is 5.77. The third-order valence-corrected chi connectivity index (χ3v) is 4.78. The molecule has 0 unspecified atom stereocenters. The van der Waals surface area contributed by atoms with E-state index in [-0.39, 0.29) is 20.8 Å². The number of rotatable bonds is 3. The van der Waals surface area contributed by atoms with Crippen LogP contribution >= 0.6 is 34.8 Å². The molecular weight excluding hydrogens is 343 g/mol. The highest BCUT2D eigenvalue weighted by molar-refractivity contribution is 7.92. The molecule has 4 nitrogen and oxygen atoms in total. The van der Waals surface area contributed by atoms with Gasteiger partial charge in [-0.1, -0.05) is 40.9 Å². The normalized spacial score (nSPS) is 11.4. The summed E-state index contributed by atoms with van der Waals surface area (Å²) in [6.45, 7) is 1.85. The summed E-state index contributed by atoms with van der Waals surface area (Å²) in [5.41, 5.74) is 1.21. The first-order chi connectivity index (χ1) is 9.29. The molecule has 8 heteroatoms. The van der Waals surface area contributed by atoms with Gasteiger partial charge >= 0.3 is 0 Å². The van der Waals surface area contributed by atoms with Gasteiger partial charge in [0.15, 0.2) is 0 Å². The van der Waals surface area contributed by atoms with Crippen molar-refractivity contribution >= 4 is 50.5 Å². The molecule has 1 heterocycles. The van der Waals surface area contributed by atoms with E-state index in [9.17, 15) is 8.42 Å². The molecular formula is C12H9Cl3N2O2S. The topological polar surface area (TPSA) is 59.1 Å². The molecule has 0 aliphatic rings. The highest BCUT2D eigenvalue weighted by Gasteiger charge is 2.17. The maximum atomic E-state index is 12.2. The van der Waals surface area contributed by atoms with Crippen LogP contribution in [0.4, 0.5) is 5.69 Å². The van der Waals surface area contributed by atoms with Gasteiger partial charge in [0.05, 0.1) is 15.7 Å². The molecule has 0 saturated carbocycles. The Bertz CT molecular complexity index is 763. The van der Waals surface area contributed by atoms with Crippen molar-refractivity contribution in [3.05, 3.63) is 51.2 Å². The van der Waals surface area contributed by atoms with E-state index in [1.165, 1.54) is 6.07 Å². The van der Waals surface area contributed by atoms with E-state index in [0.717, 1.165) is 11.8 Å². The Morgan fingerprint density at radius 1 is 1.10 bits per heavy atom. The first kappa shape index (κ1) is 15.4. The summed E-state index contributed by atoms with van der Waals surface area (Å²) < 4.78 is 26.8. The lowest BCUT2D eigenvalue weighted by Crippen LogP contribution is -2.13. The van der Waals surface area contributed by atoms with Crippen LogP contribution in [0.1, 0.15) is 5.56 Å². The number of aromatic nitrogens is 1. The van der Waals surface area contributed by atoms with Gasteiger partial charge in [0.2, 0.25) is 0 Å². The SMILES string of the molecule is Cc1ccc(NS(=O)(=O)c2cnc(Cl)c(Cl)c2)c(Cl)c1. The van der Waals surface area contributed by atoms with Crippen LogP contribution in [0.3, 0.4) is 0 Å². The van der Waals surface area contributed by atoms with Crippen molar-refractivity contribution in [2.24, 2.45) is 0 Å². The van der Waals surface area contributed by atoms with E-state index in [1.807, 2.05) is 6.92 Å². The molecule has 106 valence electrons. The second-order valence-corrected chi connectivity index (χ2v) is 6.89. The Morgan fingerprint density at radius 2 is 1.80 bits per heavy atom. The zero-order valence-electron chi connectivity index (χ0n) is 10.2. The highest BCUT2D eigenvalue weighted by atomic mass is 35.5. The Balaban J connectivity index is 2.38. The number of nitrogens with one attached hydrogen (secondary N) is 1. The van der Waals surface area contributed by atoms with Crippen molar-refractivity contribution in [3.8, 4) is 0 Å². The molecule has 1 N–H and O–H groups in total. The molecule has 2 aromatic rings. The molecule has 0 saturated heterocycles. The monoisotopic (exact) mass is 350 g/mol. The van der Waals surface area contributed by atoms with Gasteiger partial charge in [0, 0.05) is 6.20 Å². The van der Waals surface area contributed by atoms with Gasteiger partial charge in [-0.15, -0.1) is 0 Å². The molecule has 0 atom stereocenters.